The Labute approximate surface area is 99.8 Å². The second-order valence-electron chi connectivity index (χ2n) is 3.80. The van der Waals surface area contributed by atoms with Crippen molar-refractivity contribution in [1.82, 2.24) is 0 Å². The lowest BCUT2D eigenvalue weighted by molar-refractivity contribution is -0.145. The molecule has 0 aliphatic carbocycles. The molecule has 4 N–H and O–H groups in total. The zero-order chi connectivity index (χ0) is 12.8. The summed E-state index contributed by atoms with van der Waals surface area (Å²) in [7, 11) is 0. The number of benzene rings is 1. The van der Waals surface area contributed by atoms with Gasteiger partial charge in [0.15, 0.2) is 11.5 Å². The van der Waals surface area contributed by atoms with Crippen LogP contribution in [-0.4, -0.2) is 28.8 Å². The predicted octanol–water partition coefficient (Wildman–Crippen LogP) is 0.921. The van der Waals surface area contributed by atoms with Gasteiger partial charge in [0.2, 0.25) is 0 Å². The number of nitrogens with two attached hydrogens (primary N) is 1. The fourth-order valence-electron chi connectivity index (χ4n) is 1.34. The van der Waals surface area contributed by atoms with Crippen LogP contribution in [0.3, 0.4) is 0 Å². The van der Waals surface area contributed by atoms with Crippen LogP contribution in [0.1, 0.15) is 18.9 Å². The standard InChI is InChI=1S/C12H17NO4/c1-2-5-17-12(16)9(13)6-8-3-4-10(14)11(15)7-8/h3-4,7,9,14-15H,2,5-6,13H2,1H3. The minimum atomic E-state index is -0.759. The number of rotatable bonds is 5. The maximum absolute atomic E-state index is 11.4. The molecule has 17 heavy (non-hydrogen) atoms. The molecule has 0 aliphatic heterocycles. The van der Waals surface area contributed by atoms with Gasteiger partial charge in [-0.15, -0.1) is 0 Å². The fourth-order valence-corrected chi connectivity index (χ4v) is 1.34. The van der Waals surface area contributed by atoms with Crippen molar-refractivity contribution in [2.75, 3.05) is 6.61 Å². The van der Waals surface area contributed by atoms with Gasteiger partial charge in [0.25, 0.3) is 0 Å². The van der Waals surface area contributed by atoms with Crippen LogP contribution >= 0.6 is 0 Å². The molecule has 0 bridgehead atoms. The number of phenolic OH excluding ortho intramolecular Hbond substituents is 2. The molecule has 0 aromatic heterocycles. The van der Waals surface area contributed by atoms with Crippen molar-refractivity contribution in [3.8, 4) is 11.5 Å². The normalized spacial score (nSPS) is 12.1. The van der Waals surface area contributed by atoms with Crippen molar-refractivity contribution in [2.24, 2.45) is 5.73 Å². The van der Waals surface area contributed by atoms with E-state index in [-0.39, 0.29) is 17.9 Å². The zero-order valence-electron chi connectivity index (χ0n) is 9.72. The number of hydrogen-bond donors (Lipinski definition) is 3. The Bertz CT molecular complexity index is 392. The van der Waals surface area contributed by atoms with E-state index in [1.165, 1.54) is 12.1 Å². The van der Waals surface area contributed by atoms with Crippen LogP contribution in [0.2, 0.25) is 0 Å². The molecule has 5 heteroatoms. The van der Waals surface area contributed by atoms with Crippen molar-refractivity contribution in [2.45, 2.75) is 25.8 Å². The summed E-state index contributed by atoms with van der Waals surface area (Å²) in [5, 5.41) is 18.4. The van der Waals surface area contributed by atoms with Crippen LogP contribution in [0.5, 0.6) is 11.5 Å². The molecule has 0 amide bonds. The van der Waals surface area contributed by atoms with Gasteiger partial charge in [-0.25, -0.2) is 0 Å². The second-order valence-corrected chi connectivity index (χ2v) is 3.80. The van der Waals surface area contributed by atoms with Gasteiger partial charge < -0.3 is 20.7 Å². The van der Waals surface area contributed by atoms with Crippen LogP contribution in [-0.2, 0) is 16.0 Å². The van der Waals surface area contributed by atoms with E-state index in [0.29, 0.717) is 12.2 Å². The maximum Gasteiger partial charge on any atom is 0.323 e. The highest BCUT2D eigenvalue weighted by Crippen LogP contribution is 2.25. The van der Waals surface area contributed by atoms with Gasteiger partial charge >= 0.3 is 5.97 Å². The highest BCUT2D eigenvalue weighted by molar-refractivity contribution is 5.75. The van der Waals surface area contributed by atoms with Gasteiger partial charge in [-0.2, -0.15) is 0 Å². The van der Waals surface area contributed by atoms with E-state index in [4.69, 9.17) is 15.6 Å². The largest absolute Gasteiger partial charge is 0.504 e. The number of aromatic hydroxyl groups is 2. The third-order valence-electron chi connectivity index (χ3n) is 2.25. The Morgan fingerprint density at radius 3 is 2.71 bits per heavy atom. The lowest BCUT2D eigenvalue weighted by Crippen LogP contribution is -2.34. The van der Waals surface area contributed by atoms with E-state index >= 15 is 0 Å². The lowest BCUT2D eigenvalue weighted by atomic mass is 10.1. The molecule has 0 fully saturated rings. The quantitative estimate of drug-likeness (QED) is 0.525. The van der Waals surface area contributed by atoms with E-state index < -0.39 is 12.0 Å². The average Bonchev–Trinajstić information content (AvgIpc) is 2.30. The predicted molar refractivity (Wildman–Crippen MR) is 62.7 cm³/mol. The Morgan fingerprint density at radius 1 is 1.41 bits per heavy atom. The first kappa shape index (κ1) is 13.3. The first-order valence-corrected chi connectivity index (χ1v) is 5.47. The molecular formula is C12H17NO4. The minimum Gasteiger partial charge on any atom is -0.504 e. The summed E-state index contributed by atoms with van der Waals surface area (Å²) in [5.41, 5.74) is 6.33. The summed E-state index contributed by atoms with van der Waals surface area (Å²) in [5.74, 6) is -0.882. The highest BCUT2D eigenvalue weighted by atomic mass is 16.5. The molecule has 1 unspecified atom stereocenters. The maximum atomic E-state index is 11.4. The first-order valence-electron chi connectivity index (χ1n) is 5.47. The van der Waals surface area contributed by atoms with Crippen LogP contribution in [0.4, 0.5) is 0 Å². The molecule has 94 valence electrons. The molecule has 0 heterocycles. The molecular weight excluding hydrogens is 222 g/mol. The van der Waals surface area contributed by atoms with Crippen LogP contribution < -0.4 is 5.73 Å². The van der Waals surface area contributed by atoms with Gasteiger partial charge in [-0.05, 0) is 30.5 Å². The molecule has 0 saturated carbocycles. The molecule has 0 saturated heterocycles. The Balaban J connectivity index is 2.58. The lowest BCUT2D eigenvalue weighted by Gasteiger charge is -2.11. The molecule has 1 rings (SSSR count). The van der Waals surface area contributed by atoms with E-state index in [0.717, 1.165) is 6.42 Å². The zero-order valence-corrected chi connectivity index (χ0v) is 9.72. The fraction of sp³-hybridized carbons (Fsp3) is 0.417. The Kier molecular flexibility index (Phi) is 4.78. The van der Waals surface area contributed by atoms with Crippen molar-refractivity contribution >= 4 is 5.97 Å². The van der Waals surface area contributed by atoms with E-state index in [1.54, 1.807) is 6.07 Å². The first-order chi connectivity index (χ1) is 8.04. The van der Waals surface area contributed by atoms with Gasteiger partial charge in [-0.3, -0.25) is 4.79 Å². The molecule has 0 spiro atoms. The Hall–Kier alpha value is -1.75. The summed E-state index contributed by atoms with van der Waals surface area (Å²) in [4.78, 5) is 11.4. The van der Waals surface area contributed by atoms with Crippen LogP contribution in [0.15, 0.2) is 18.2 Å². The van der Waals surface area contributed by atoms with E-state index in [2.05, 4.69) is 0 Å². The SMILES string of the molecule is CCCOC(=O)C(N)Cc1ccc(O)c(O)c1. The number of ether oxygens (including phenoxy) is 1. The third kappa shape index (κ3) is 3.96. The van der Waals surface area contributed by atoms with Gasteiger partial charge in [0.05, 0.1) is 6.61 Å². The molecule has 1 aromatic rings. The second kappa shape index (κ2) is 6.10. The monoisotopic (exact) mass is 239 g/mol. The summed E-state index contributed by atoms with van der Waals surface area (Å²) < 4.78 is 4.90. The summed E-state index contributed by atoms with van der Waals surface area (Å²) in [6, 6.07) is 3.57. The van der Waals surface area contributed by atoms with E-state index in [1.807, 2.05) is 6.92 Å². The number of hydrogen-bond acceptors (Lipinski definition) is 5. The third-order valence-corrected chi connectivity index (χ3v) is 2.25. The van der Waals surface area contributed by atoms with Crippen molar-refractivity contribution < 1.29 is 19.7 Å². The highest BCUT2D eigenvalue weighted by Gasteiger charge is 2.15. The average molecular weight is 239 g/mol. The smallest absolute Gasteiger partial charge is 0.323 e. The topological polar surface area (TPSA) is 92.8 Å². The van der Waals surface area contributed by atoms with Gasteiger partial charge in [-0.1, -0.05) is 13.0 Å². The summed E-state index contributed by atoms with van der Waals surface area (Å²) >= 11 is 0. The number of esters is 1. The van der Waals surface area contributed by atoms with Crippen molar-refractivity contribution in [3.05, 3.63) is 23.8 Å². The Morgan fingerprint density at radius 2 is 2.12 bits per heavy atom. The van der Waals surface area contributed by atoms with Gasteiger partial charge in [0.1, 0.15) is 6.04 Å². The minimum absolute atomic E-state index is 0.198. The molecule has 0 radical (unpaired) electrons. The number of carbonyl (C=O) groups is 1. The van der Waals surface area contributed by atoms with Crippen LogP contribution in [0.25, 0.3) is 0 Å². The molecule has 1 aromatic carbocycles. The number of carbonyl (C=O) groups excluding carboxylic acids is 1. The summed E-state index contributed by atoms with van der Waals surface area (Å²) in [6.45, 7) is 2.25. The molecule has 0 aliphatic rings. The van der Waals surface area contributed by atoms with Crippen LogP contribution in [0, 0.1) is 0 Å². The number of phenols is 2. The van der Waals surface area contributed by atoms with E-state index in [9.17, 15) is 9.90 Å². The molecule has 5 nitrogen and oxygen atoms in total. The molecule has 1 atom stereocenters. The van der Waals surface area contributed by atoms with Gasteiger partial charge in [0, 0.05) is 0 Å². The summed E-state index contributed by atoms with van der Waals surface area (Å²) in [6.07, 6.45) is 1.01. The van der Waals surface area contributed by atoms with Crippen molar-refractivity contribution in [3.63, 3.8) is 0 Å². The van der Waals surface area contributed by atoms with Crippen molar-refractivity contribution in [1.29, 1.82) is 0 Å².